The quantitative estimate of drug-likeness (QED) is 0.461. The van der Waals surface area contributed by atoms with Crippen LogP contribution >= 0.6 is 11.3 Å². The first-order valence-corrected chi connectivity index (χ1v) is 12.6. The first kappa shape index (κ1) is 23.5. The lowest BCUT2D eigenvalue weighted by molar-refractivity contribution is 0.00766. The minimum absolute atomic E-state index is 0.00362. The van der Waals surface area contributed by atoms with Crippen LogP contribution in [-0.2, 0) is 23.1 Å². The van der Waals surface area contributed by atoms with E-state index in [-0.39, 0.29) is 23.6 Å². The fraction of sp³-hybridized carbons (Fsp3) is 0.318. The molecule has 11 heteroatoms. The third-order valence-corrected chi connectivity index (χ3v) is 7.83. The third-order valence-electron chi connectivity index (χ3n) is 5.83. The van der Waals surface area contributed by atoms with Gasteiger partial charge in [-0.1, -0.05) is 12.1 Å². The Hall–Kier alpha value is -2.63. The summed E-state index contributed by atoms with van der Waals surface area (Å²) in [4.78, 5) is 4.89. The highest BCUT2D eigenvalue weighted by Gasteiger charge is 2.35. The van der Waals surface area contributed by atoms with Crippen molar-refractivity contribution in [1.29, 1.82) is 0 Å². The molecule has 0 aliphatic carbocycles. The molecule has 2 N–H and O–H groups in total. The van der Waals surface area contributed by atoms with Gasteiger partial charge in [0.15, 0.2) is 10.7 Å². The summed E-state index contributed by atoms with van der Waals surface area (Å²) in [7, 11) is -4.51. The number of nitrogens with zero attached hydrogens (tertiary/aromatic N) is 2. The second kappa shape index (κ2) is 8.96. The average Bonchev–Trinajstić information content (AvgIpc) is 3.22. The van der Waals surface area contributed by atoms with E-state index in [0.29, 0.717) is 12.1 Å². The van der Waals surface area contributed by atoms with Crippen LogP contribution in [0.25, 0.3) is 0 Å². The fourth-order valence-corrected chi connectivity index (χ4v) is 5.40. The molecule has 0 radical (unpaired) electrons. The number of likely N-dealkylation sites (tertiary alicyclic amines) is 1. The molecule has 0 unspecified atom stereocenters. The molecule has 2 heterocycles. The highest BCUT2D eigenvalue weighted by molar-refractivity contribution is 7.92. The molecule has 0 bridgehead atoms. The standard InChI is InChI=1S/C22H23F3N4O2S2/c1-22(2)6-7-29(22)11-14-4-3-5-17(23)16(14)10-26-15-8-18(24)21(19(25)9-15)33(30,31)28-20-12-32-13-27-20/h3-5,8-9,12-13,26,28H,6-7,10-11H2,1-2H3. The van der Waals surface area contributed by atoms with E-state index in [0.717, 1.165) is 42.0 Å². The number of aromatic nitrogens is 1. The number of halogens is 3. The minimum Gasteiger partial charge on any atom is -0.381 e. The lowest BCUT2D eigenvalue weighted by atomic mass is 9.88. The lowest BCUT2D eigenvalue weighted by Gasteiger charge is -2.48. The molecule has 1 fully saturated rings. The fourth-order valence-electron chi connectivity index (χ4n) is 3.73. The lowest BCUT2D eigenvalue weighted by Crippen LogP contribution is -2.55. The zero-order valence-corrected chi connectivity index (χ0v) is 19.7. The van der Waals surface area contributed by atoms with Crippen LogP contribution in [0.2, 0.25) is 0 Å². The number of hydrogen-bond donors (Lipinski definition) is 2. The van der Waals surface area contributed by atoms with Crippen LogP contribution in [0.1, 0.15) is 31.4 Å². The van der Waals surface area contributed by atoms with Gasteiger partial charge in [-0.3, -0.25) is 9.62 Å². The number of sulfonamides is 1. The number of thiazole rings is 1. The van der Waals surface area contributed by atoms with E-state index < -0.39 is 32.4 Å². The Morgan fingerprint density at radius 3 is 2.45 bits per heavy atom. The first-order valence-electron chi connectivity index (χ1n) is 10.2. The maximum atomic E-state index is 14.6. The average molecular weight is 497 g/mol. The van der Waals surface area contributed by atoms with Crippen molar-refractivity contribution >= 4 is 32.9 Å². The maximum Gasteiger partial charge on any atom is 0.268 e. The molecule has 4 rings (SSSR count). The Kier molecular flexibility index (Phi) is 6.39. The SMILES string of the molecule is CC1(C)CCN1Cc1cccc(F)c1CNc1cc(F)c(S(=O)(=O)Nc2cscn2)c(F)c1. The summed E-state index contributed by atoms with van der Waals surface area (Å²) < 4.78 is 70.7. The van der Waals surface area contributed by atoms with Crippen LogP contribution < -0.4 is 10.0 Å². The Labute approximate surface area is 194 Å². The summed E-state index contributed by atoms with van der Waals surface area (Å²) in [5, 5.41) is 4.21. The molecule has 0 spiro atoms. The van der Waals surface area contributed by atoms with Crippen LogP contribution in [0, 0.1) is 17.5 Å². The molecule has 0 amide bonds. The van der Waals surface area contributed by atoms with E-state index in [1.807, 2.05) is 10.8 Å². The van der Waals surface area contributed by atoms with Gasteiger partial charge in [0.05, 0.1) is 5.51 Å². The van der Waals surface area contributed by atoms with Crippen LogP contribution in [0.15, 0.2) is 46.1 Å². The van der Waals surface area contributed by atoms with E-state index in [9.17, 15) is 21.6 Å². The van der Waals surface area contributed by atoms with Crippen molar-refractivity contribution in [3.05, 3.63) is 69.8 Å². The summed E-state index contributed by atoms with van der Waals surface area (Å²) >= 11 is 1.13. The van der Waals surface area contributed by atoms with Crippen molar-refractivity contribution in [3.8, 4) is 0 Å². The Bertz CT molecular complexity index is 1240. The zero-order chi connectivity index (χ0) is 23.8. The van der Waals surface area contributed by atoms with Gasteiger partial charge < -0.3 is 5.32 Å². The molecule has 2 aromatic carbocycles. The van der Waals surface area contributed by atoms with Crippen LogP contribution in [0.5, 0.6) is 0 Å². The summed E-state index contributed by atoms with van der Waals surface area (Å²) in [5.74, 6) is -2.99. The molecule has 1 aliphatic heterocycles. The van der Waals surface area contributed by atoms with Crippen molar-refractivity contribution < 1.29 is 21.6 Å². The van der Waals surface area contributed by atoms with Crippen LogP contribution in [0.4, 0.5) is 24.7 Å². The minimum atomic E-state index is -4.51. The van der Waals surface area contributed by atoms with E-state index in [4.69, 9.17) is 0 Å². The van der Waals surface area contributed by atoms with E-state index in [1.54, 1.807) is 6.07 Å². The number of nitrogens with one attached hydrogen (secondary N) is 2. The van der Waals surface area contributed by atoms with E-state index >= 15 is 0 Å². The number of rotatable bonds is 8. The Morgan fingerprint density at radius 2 is 1.88 bits per heavy atom. The predicted octanol–water partition coefficient (Wildman–Crippen LogP) is 4.96. The number of benzene rings is 2. The second-order valence-corrected chi connectivity index (χ2v) is 10.8. The van der Waals surface area contributed by atoms with Crippen molar-refractivity contribution in [2.75, 3.05) is 16.6 Å². The third kappa shape index (κ3) is 4.99. The van der Waals surface area contributed by atoms with Crippen LogP contribution in [0.3, 0.4) is 0 Å². The maximum absolute atomic E-state index is 14.6. The van der Waals surface area contributed by atoms with Gasteiger partial charge in [-0.05, 0) is 44.0 Å². The van der Waals surface area contributed by atoms with Gasteiger partial charge in [-0.15, -0.1) is 11.3 Å². The number of hydrogen-bond acceptors (Lipinski definition) is 6. The smallest absolute Gasteiger partial charge is 0.268 e. The van der Waals surface area contributed by atoms with Crippen molar-refractivity contribution in [3.63, 3.8) is 0 Å². The van der Waals surface area contributed by atoms with E-state index in [2.05, 4.69) is 29.0 Å². The van der Waals surface area contributed by atoms with Crippen LogP contribution in [-0.4, -0.2) is 30.4 Å². The summed E-state index contributed by atoms with van der Waals surface area (Å²) in [5.41, 5.74) is 2.59. The summed E-state index contributed by atoms with van der Waals surface area (Å²) in [6, 6.07) is 6.54. The molecule has 1 saturated heterocycles. The molecule has 3 aromatic rings. The van der Waals surface area contributed by atoms with Gasteiger partial charge in [0.2, 0.25) is 0 Å². The van der Waals surface area contributed by atoms with Gasteiger partial charge in [0.1, 0.15) is 17.5 Å². The van der Waals surface area contributed by atoms with Gasteiger partial charge >= 0.3 is 0 Å². The van der Waals surface area contributed by atoms with Gasteiger partial charge in [0.25, 0.3) is 10.0 Å². The van der Waals surface area contributed by atoms with Crippen molar-refractivity contribution in [2.45, 2.75) is 43.8 Å². The Morgan fingerprint density at radius 1 is 1.15 bits per heavy atom. The molecule has 176 valence electrons. The molecule has 1 aliphatic rings. The highest BCUT2D eigenvalue weighted by atomic mass is 32.2. The zero-order valence-electron chi connectivity index (χ0n) is 18.0. The molecule has 0 saturated carbocycles. The van der Waals surface area contributed by atoms with Gasteiger partial charge in [0, 0.05) is 41.8 Å². The topological polar surface area (TPSA) is 74.3 Å². The van der Waals surface area contributed by atoms with Crippen molar-refractivity contribution in [1.82, 2.24) is 9.88 Å². The normalized spacial score (nSPS) is 15.8. The van der Waals surface area contributed by atoms with E-state index in [1.165, 1.54) is 17.0 Å². The second-order valence-electron chi connectivity index (χ2n) is 8.46. The molecule has 6 nitrogen and oxygen atoms in total. The summed E-state index contributed by atoms with van der Waals surface area (Å²) in [6.45, 7) is 5.70. The largest absolute Gasteiger partial charge is 0.381 e. The molecular weight excluding hydrogens is 473 g/mol. The molecule has 0 atom stereocenters. The summed E-state index contributed by atoms with van der Waals surface area (Å²) in [6.07, 6.45) is 1.06. The monoisotopic (exact) mass is 496 g/mol. The molecule has 1 aromatic heterocycles. The highest BCUT2D eigenvalue weighted by Crippen LogP contribution is 2.32. The molecular formula is C22H23F3N4O2S2. The predicted molar refractivity (Wildman–Crippen MR) is 122 cm³/mol. The molecule has 33 heavy (non-hydrogen) atoms. The van der Waals surface area contributed by atoms with Gasteiger partial charge in [-0.25, -0.2) is 26.6 Å². The Balaban J connectivity index is 1.53. The first-order chi connectivity index (χ1) is 15.6. The van der Waals surface area contributed by atoms with Gasteiger partial charge in [-0.2, -0.15) is 0 Å². The van der Waals surface area contributed by atoms with Crippen molar-refractivity contribution in [2.24, 2.45) is 0 Å². The number of anilines is 2.